The first-order valence-electron chi connectivity index (χ1n) is 3.93. The van der Waals surface area contributed by atoms with Crippen LogP contribution in [0.1, 0.15) is 26.2 Å². The van der Waals surface area contributed by atoms with Crippen molar-refractivity contribution in [3.63, 3.8) is 0 Å². The van der Waals surface area contributed by atoms with E-state index in [1.165, 1.54) is 19.3 Å². The lowest BCUT2D eigenvalue weighted by molar-refractivity contribution is -0.112. The molecule has 1 aliphatic rings. The summed E-state index contributed by atoms with van der Waals surface area (Å²) >= 11 is 1.86. The Balaban J connectivity index is 2.50. The predicted octanol–water partition coefficient (Wildman–Crippen LogP) is 2.42. The summed E-state index contributed by atoms with van der Waals surface area (Å²) < 4.78 is 0.311. The van der Waals surface area contributed by atoms with Gasteiger partial charge in [-0.15, -0.1) is 0 Å². The Bertz CT molecular complexity index is 174. The summed E-state index contributed by atoms with van der Waals surface area (Å²) in [6.07, 6.45) is 9.67. The average molecular weight is 170 g/mol. The molecule has 0 aliphatic heterocycles. The van der Waals surface area contributed by atoms with Crippen molar-refractivity contribution in [3.05, 3.63) is 12.2 Å². The molecule has 62 valence electrons. The quantitative estimate of drug-likeness (QED) is 0.605. The molecule has 1 rings (SSSR count). The van der Waals surface area contributed by atoms with Gasteiger partial charge in [-0.2, -0.15) is 11.8 Å². The molecule has 1 nitrogen and oxygen atoms in total. The highest BCUT2D eigenvalue weighted by Crippen LogP contribution is 2.43. The van der Waals surface area contributed by atoms with Crippen molar-refractivity contribution in [2.45, 2.75) is 30.9 Å². The number of ketones is 1. The largest absolute Gasteiger partial charge is 0.295 e. The number of rotatable bonds is 3. The maximum Gasteiger partial charge on any atom is 0.152 e. The molecule has 0 heterocycles. The van der Waals surface area contributed by atoms with Crippen LogP contribution in [0.15, 0.2) is 12.2 Å². The third-order valence-corrected chi connectivity index (χ3v) is 3.59. The number of carbonyl (C=O) groups is 1. The van der Waals surface area contributed by atoms with Crippen molar-refractivity contribution in [2.75, 3.05) is 6.26 Å². The van der Waals surface area contributed by atoms with Crippen LogP contribution in [0.3, 0.4) is 0 Å². The molecule has 11 heavy (non-hydrogen) atoms. The highest BCUT2D eigenvalue weighted by Gasteiger charge is 2.33. The number of carbonyl (C=O) groups excluding carboxylic acids is 1. The molecule has 0 aromatic carbocycles. The van der Waals surface area contributed by atoms with E-state index in [-0.39, 0.29) is 5.78 Å². The summed E-state index contributed by atoms with van der Waals surface area (Å²) in [4.78, 5) is 10.7. The third-order valence-electron chi connectivity index (χ3n) is 2.23. The number of hydrogen-bond donors (Lipinski definition) is 0. The molecular weight excluding hydrogens is 156 g/mol. The monoisotopic (exact) mass is 170 g/mol. The second-order valence-electron chi connectivity index (χ2n) is 3.07. The van der Waals surface area contributed by atoms with Crippen LogP contribution in [0.5, 0.6) is 0 Å². The van der Waals surface area contributed by atoms with E-state index in [0.717, 1.165) is 0 Å². The van der Waals surface area contributed by atoms with E-state index in [4.69, 9.17) is 0 Å². The van der Waals surface area contributed by atoms with E-state index in [0.29, 0.717) is 4.75 Å². The SMILES string of the molecule is CSC1(C=CC(C)=O)CCC1. The average Bonchev–Trinajstić information content (AvgIpc) is 1.86. The van der Waals surface area contributed by atoms with E-state index in [9.17, 15) is 4.79 Å². The zero-order valence-corrected chi connectivity index (χ0v) is 7.91. The topological polar surface area (TPSA) is 17.1 Å². The fraction of sp³-hybridized carbons (Fsp3) is 0.667. The molecular formula is C9H14OS. The minimum Gasteiger partial charge on any atom is -0.295 e. The Morgan fingerprint density at radius 1 is 1.55 bits per heavy atom. The maximum atomic E-state index is 10.7. The zero-order chi connectivity index (χ0) is 8.32. The molecule has 0 saturated heterocycles. The fourth-order valence-corrected chi connectivity index (χ4v) is 2.13. The number of allylic oxidation sites excluding steroid dienone is 1. The molecule has 1 saturated carbocycles. The number of hydrogen-bond acceptors (Lipinski definition) is 2. The smallest absolute Gasteiger partial charge is 0.152 e. The lowest BCUT2D eigenvalue weighted by atomic mass is 9.84. The van der Waals surface area contributed by atoms with Crippen LogP contribution in [0.25, 0.3) is 0 Å². The van der Waals surface area contributed by atoms with Crippen LogP contribution in [0.2, 0.25) is 0 Å². The van der Waals surface area contributed by atoms with Crippen molar-refractivity contribution in [2.24, 2.45) is 0 Å². The summed E-state index contributed by atoms with van der Waals surface area (Å²) in [5.41, 5.74) is 0. The summed E-state index contributed by atoms with van der Waals surface area (Å²) in [6.45, 7) is 1.60. The summed E-state index contributed by atoms with van der Waals surface area (Å²) in [6, 6.07) is 0. The van der Waals surface area contributed by atoms with Crippen LogP contribution in [-0.2, 0) is 4.79 Å². The predicted molar refractivity (Wildman–Crippen MR) is 49.9 cm³/mol. The van der Waals surface area contributed by atoms with Crippen molar-refractivity contribution >= 4 is 17.5 Å². The molecule has 1 aliphatic carbocycles. The van der Waals surface area contributed by atoms with Crippen LogP contribution < -0.4 is 0 Å². The summed E-state index contributed by atoms with van der Waals surface area (Å²) in [5, 5.41) is 0. The Kier molecular flexibility index (Phi) is 2.77. The van der Waals surface area contributed by atoms with Crippen molar-refractivity contribution in [1.29, 1.82) is 0 Å². The van der Waals surface area contributed by atoms with Crippen LogP contribution >= 0.6 is 11.8 Å². The molecule has 0 atom stereocenters. The molecule has 2 heteroatoms. The van der Waals surface area contributed by atoms with Gasteiger partial charge in [0, 0.05) is 4.75 Å². The first-order chi connectivity index (χ1) is 5.18. The van der Waals surface area contributed by atoms with Crippen molar-refractivity contribution in [3.8, 4) is 0 Å². The van der Waals surface area contributed by atoms with Gasteiger partial charge in [0.05, 0.1) is 0 Å². The van der Waals surface area contributed by atoms with Crippen molar-refractivity contribution < 1.29 is 4.79 Å². The Morgan fingerprint density at radius 3 is 2.45 bits per heavy atom. The Labute approximate surface area is 72.2 Å². The normalized spacial score (nSPS) is 21.6. The van der Waals surface area contributed by atoms with Gasteiger partial charge in [-0.1, -0.05) is 12.5 Å². The summed E-state index contributed by atoms with van der Waals surface area (Å²) in [7, 11) is 0. The van der Waals surface area contributed by atoms with Gasteiger partial charge >= 0.3 is 0 Å². The van der Waals surface area contributed by atoms with Gasteiger partial charge in [-0.3, -0.25) is 4.79 Å². The fourth-order valence-electron chi connectivity index (χ4n) is 1.23. The minimum absolute atomic E-state index is 0.158. The highest BCUT2D eigenvalue weighted by atomic mass is 32.2. The Morgan fingerprint density at radius 2 is 2.18 bits per heavy atom. The van der Waals surface area contributed by atoms with Gasteiger partial charge < -0.3 is 0 Å². The molecule has 0 aromatic rings. The van der Waals surface area contributed by atoms with Crippen LogP contribution in [0.4, 0.5) is 0 Å². The lowest BCUT2D eigenvalue weighted by Gasteiger charge is -2.37. The van der Waals surface area contributed by atoms with Crippen LogP contribution in [0, 0.1) is 0 Å². The van der Waals surface area contributed by atoms with Gasteiger partial charge in [0.1, 0.15) is 0 Å². The van der Waals surface area contributed by atoms with E-state index >= 15 is 0 Å². The first kappa shape index (κ1) is 8.85. The zero-order valence-electron chi connectivity index (χ0n) is 7.09. The summed E-state index contributed by atoms with van der Waals surface area (Å²) in [5.74, 6) is 0.158. The number of thioether (sulfide) groups is 1. The van der Waals surface area contributed by atoms with Gasteiger partial charge in [0.2, 0.25) is 0 Å². The molecule has 0 bridgehead atoms. The second kappa shape index (κ2) is 3.44. The molecule has 0 N–H and O–H groups in total. The first-order valence-corrected chi connectivity index (χ1v) is 5.16. The molecule has 0 aromatic heterocycles. The van der Waals surface area contributed by atoms with Crippen molar-refractivity contribution in [1.82, 2.24) is 0 Å². The molecule has 0 radical (unpaired) electrons. The lowest BCUT2D eigenvalue weighted by Crippen LogP contribution is -2.30. The van der Waals surface area contributed by atoms with Gasteiger partial charge in [0.25, 0.3) is 0 Å². The van der Waals surface area contributed by atoms with E-state index in [2.05, 4.69) is 12.3 Å². The second-order valence-corrected chi connectivity index (χ2v) is 4.29. The van der Waals surface area contributed by atoms with Gasteiger partial charge in [-0.25, -0.2) is 0 Å². The van der Waals surface area contributed by atoms with E-state index in [1.54, 1.807) is 13.0 Å². The maximum absolute atomic E-state index is 10.7. The Hall–Kier alpha value is -0.240. The molecule has 0 amide bonds. The van der Waals surface area contributed by atoms with E-state index in [1.807, 2.05) is 11.8 Å². The van der Waals surface area contributed by atoms with E-state index < -0.39 is 0 Å². The van der Waals surface area contributed by atoms with Gasteiger partial charge in [-0.05, 0) is 32.1 Å². The van der Waals surface area contributed by atoms with Gasteiger partial charge in [0.15, 0.2) is 5.78 Å². The molecule has 0 unspecified atom stereocenters. The third kappa shape index (κ3) is 2.09. The molecule has 1 fully saturated rings. The highest BCUT2D eigenvalue weighted by molar-refractivity contribution is 8.00. The van der Waals surface area contributed by atoms with Crippen LogP contribution in [-0.4, -0.2) is 16.8 Å². The minimum atomic E-state index is 0.158. The standard InChI is InChI=1S/C9H14OS/c1-8(10)4-7-9(11-2)5-3-6-9/h4,7H,3,5-6H2,1-2H3. The molecule has 0 spiro atoms.